The van der Waals surface area contributed by atoms with Crippen LogP contribution in [-0.4, -0.2) is 39.5 Å². The van der Waals surface area contributed by atoms with Gasteiger partial charge in [-0.25, -0.2) is 13.2 Å². The van der Waals surface area contributed by atoms with Crippen molar-refractivity contribution in [3.05, 3.63) is 76.7 Å². The normalized spacial score (nSPS) is 12.9. The van der Waals surface area contributed by atoms with E-state index in [1.807, 2.05) is 0 Å². The molecule has 1 N–H and O–H groups in total. The molecule has 0 saturated heterocycles. The second kappa shape index (κ2) is 9.80. The molecule has 148 valence electrons. The summed E-state index contributed by atoms with van der Waals surface area (Å²) in [6, 6.07) is 14.1. The van der Waals surface area contributed by atoms with E-state index in [1.54, 1.807) is 60.7 Å². The third-order valence-corrected chi connectivity index (χ3v) is 4.99. The van der Waals surface area contributed by atoms with Gasteiger partial charge in [-0.15, -0.1) is 0 Å². The Morgan fingerprint density at radius 2 is 1.64 bits per heavy atom. The molecule has 6 nitrogen and oxygen atoms in total. The van der Waals surface area contributed by atoms with E-state index in [4.69, 9.17) is 4.74 Å². The van der Waals surface area contributed by atoms with Crippen LogP contribution in [0.2, 0.25) is 0 Å². The van der Waals surface area contributed by atoms with Gasteiger partial charge < -0.3 is 10.1 Å². The molecule has 0 heterocycles. The van der Waals surface area contributed by atoms with E-state index in [-0.39, 0.29) is 11.3 Å². The summed E-state index contributed by atoms with van der Waals surface area (Å²) in [5, 5.41) is 2.13. The zero-order chi connectivity index (χ0) is 20.6. The summed E-state index contributed by atoms with van der Waals surface area (Å²) in [5.74, 6) is 0. The third-order valence-electron chi connectivity index (χ3n) is 3.80. The molecule has 0 aliphatic rings. The predicted octanol–water partition coefficient (Wildman–Crippen LogP) is 2.91. The van der Waals surface area contributed by atoms with Crippen LogP contribution < -0.4 is 5.32 Å². The zero-order valence-electron chi connectivity index (χ0n) is 15.2. The number of hydrogen-bond acceptors (Lipinski definition) is 5. The Morgan fingerprint density at radius 3 is 2.18 bits per heavy atom. The van der Waals surface area contributed by atoms with Gasteiger partial charge in [0.2, 0.25) is 0 Å². The van der Waals surface area contributed by atoms with Gasteiger partial charge in [0.1, 0.15) is 12.6 Å². The number of nitrogens with one attached hydrogen (secondary N) is 1. The molecule has 0 radical (unpaired) electrons. The maximum atomic E-state index is 13.3. The number of alkyl carbamates (subject to hydrolysis) is 1. The minimum Gasteiger partial charge on any atom is -0.444 e. The average molecular weight is 405 g/mol. The van der Waals surface area contributed by atoms with E-state index in [0.717, 1.165) is 6.26 Å². The Kier molecular flexibility index (Phi) is 7.45. The summed E-state index contributed by atoms with van der Waals surface area (Å²) < 4.78 is 42.0. The van der Waals surface area contributed by atoms with Gasteiger partial charge in [0.25, 0.3) is 0 Å². The quantitative estimate of drug-likeness (QED) is 0.682. The van der Waals surface area contributed by atoms with Gasteiger partial charge in [-0.3, -0.25) is 4.79 Å². The number of amides is 1. The van der Waals surface area contributed by atoms with Gasteiger partial charge in [0, 0.05) is 12.7 Å². The molecule has 0 saturated carbocycles. The average Bonchev–Trinajstić information content (AvgIpc) is 2.65. The molecule has 2 rings (SSSR count). The summed E-state index contributed by atoms with van der Waals surface area (Å²) in [6.45, 7) is -0.544. The highest BCUT2D eigenvalue weighted by atomic mass is 32.2. The molecule has 0 aliphatic heterocycles. The molecule has 8 heteroatoms. The Hall–Kier alpha value is -3.00. The van der Waals surface area contributed by atoms with E-state index in [2.05, 4.69) is 5.32 Å². The minimum absolute atomic E-state index is 0.0515. The second-order valence-electron chi connectivity index (χ2n) is 6.06. The first kappa shape index (κ1) is 21.3. The fraction of sp³-hybridized carbons (Fsp3) is 0.200. The van der Waals surface area contributed by atoms with Gasteiger partial charge in [-0.1, -0.05) is 60.7 Å². The predicted molar refractivity (Wildman–Crippen MR) is 104 cm³/mol. The number of halogens is 1. The molecule has 2 aromatic carbocycles. The highest BCUT2D eigenvalue weighted by Gasteiger charge is 2.22. The lowest BCUT2D eigenvalue weighted by molar-refractivity contribution is -0.131. The fourth-order valence-electron chi connectivity index (χ4n) is 2.35. The molecule has 0 fully saturated rings. The maximum Gasteiger partial charge on any atom is 0.408 e. The van der Waals surface area contributed by atoms with Crippen molar-refractivity contribution in [3.8, 4) is 0 Å². The fourth-order valence-corrected chi connectivity index (χ4v) is 2.97. The maximum absolute atomic E-state index is 13.3. The zero-order valence-corrected chi connectivity index (χ0v) is 16.0. The Morgan fingerprint density at radius 1 is 1.07 bits per heavy atom. The van der Waals surface area contributed by atoms with Crippen LogP contribution in [0.4, 0.5) is 9.18 Å². The SMILES string of the molecule is CS(=O)(=O)/C(=C\c1ccccc1)COC(=O)NC(Cc1ccccc1)C(=O)F. The molecule has 1 atom stereocenters. The minimum atomic E-state index is -3.64. The van der Waals surface area contributed by atoms with E-state index in [9.17, 15) is 22.4 Å². The molecular weight excluding hydrogens is 385 g/mol. The van der Waals surface area contributed by atoms with Crippen LogP contribution in [0, 0.1) is 0 Å². The van der Waals surface area contributed by atoms with Crippen molar-refractivity contribution in [1.29, 1.82) is 0 Å². The Balaban J connectivity index is 2.03. The summed E-state index contributed by atoms with van der Waals surface area (Å²) in [7, 11) is -3.64. The van der Waals surface area contributed by atoms with Gasteiger partial charge in [-0.05, 0) is 17.2 Å². The van der Waals surface area contributed by atoms with Crippen molar-refractivity contribution >= 4 is 28.0 Å². The van der Waals surface area contributed by atoms with Gasteiger partial charge >= 0.3 is 12.1 Å². The molecule has 2 aromatic rings. The van der Waals surface area contributed by atoms with Crippen LogP contribution >= 0.6 is 0 Å². The monoisotopic (exact) mass is 405 g/mol. The lowest BCUT2D eigenvalue weighted by Crippen LogP contribution is -2.41. The van der Waals surface area contributed by atoms with Crippen molar-refractivity contribution < 1.29 is 27.1 Å². The Bertz CT molecular complexity index is 943. The van der Waals surface area contributed by atoms with Crippen molar-refractivity contribution in [3.63, 3.8) is 0 Å². The molecular formula is C20H20FNO5S. The smallest absolute Gasteiger partial charge is 0.408 e. The first-order chi connectivity index (χ1) is 13.3. The van der Waals surface area contributed by atoms with Crippen molar-refractivity contribution in [2.45, 2.75) is 12.5 Å². The van der Waals surface area contributed by atoms with Crippen molar-refractivity contribution in [2.75, 3.05) is 12.9 Å². The van der Waals surface area contributed by atoms with E-state index < -0.39 is 34.6 Å². The number of benzene rings is 2. The topological polar surface area (TPSA) is 89.5 Å². The molecule has 1 amide bonds. The molecule has 0 aromatic heterocycles. The number of rotatable bonds is 8. The van der Waals surface area contributed by atoms with Gasteiger partial charge in [-0.2, -0.15) is 4.39 Å². The molecule has 1 unspecified atom stereocenters. The van der Waals surface area contributed by atoms with Crippen LogP contribution in [0.1, 0.15) is 11.1 Å². The molecule has 0 bridgehead atoms. The first-order valence-electron chi connectivity index (χ1n) is 8.38. The lowest BCUT2D eigenvalue weighted by atomic mass is 10.1. The van der Waals surface area contributed by atoms with E-state index in [1.165, 1.54) is 6.08 Å². The largest absolute Gasteiger partial charge is 0.444 e. The standard InChI is InChI=1S/C20H20FNO5S/c1-28(25,26)17(12-15-8-4-2-5-9-15)14-27-20(24)22-18(19(21)23)13-16-10-6-3-7-11-16/h2-12,18H,13-14H2,1H3,(H,22,24)/b17-12-. The van der Waals surface area contributed by atoms with Crippen molar-refractivity contribution in [2.24, 2.45) is 0 Å². The number of hydrogen-bond donors (Lipinski definition) is 1. The van der Waals surface area contributed by atoms with E-state index in [0.29, 0.717) is 11.1 Å². The lowest BCUT2D eigenvalue weighted by Gasteiger charge is -2.14. The highest BCUT2D eigenvalue weighted by molar-refractivity contribution is 7.94. The third kappa shape index (κ3) is 6.96. The van der Waals surface area contributed by atoms with Crippen molar-refractivity contribution in [1.82, 2.24) is 5.32 Å². The summed E-state index contributed by atoms with van der Waals surface area (Å²) >= 11 is 0. The van der Waals surface area contributed by atoms with Gasteiger partial charge in [0.05, 0.1) is 4.91 Å². The molecule has 0 spiro atoms. The number of carbonyl (C=O) groups is 2. The number of sulfone groups is 1. The molecule has 0 aliphatic carbocycles. The first-order valence-corrected chi connectivity index (χ1v) is 10.3. The summed E-state index contributed by atoms with van der Waals surface area (Å²) in [5.41, 5.74) is 1.27. The van der Waals surface area contributed by atoms with E-state index >= 15 is 0 Å². The van der Waals surface area contributed by atoms with Crippen LogP contribution in [-0.2, 0) is 25.8 Å². The summed E-state index contributed by atoms with van der Waals surface area (Å²) in [6.07, 6.45) is 1.23. The summed E-state index contributed by atoms with van der Waals surface area (Å²) in [4.78, 5) is 23.0. The number of ether oxygens (including phenoxy) is 1. The van der Waals surface area contributed by atoms with Gasteiger partial charge in [0.15, 0.2) is 9.84 Å². The second-order valence-corrected chi connectivity index (χ2v) is 8.13. The molecule has 28 heavy (non-hydrogen) atoms. The highest BCUT2D eigenvalue weighted by Crippen LogP contribution is 2.13. The number of carbonyl (C=O) groups excluding carboxylic acids is 2. The Labute approximate surface area is 162 Å². The van der Waals surface area contributed by atoms with Crippen LogP contribution in [0.3, 0.4) is 0 Å². The van der Waals surface area contributed by atoms with Crippen LogP contribution in [0.25, 0.3) is 6.08 Å². The van der Waals surface area contributed by atoms with Crippen LogP contribution in [0.15, 0.2) is 65.6 Å². The van der Waals surface area contributed by atoms with Crippen LogP contribution in [0.5, 0.6) is 0 Å².